The molecule has 0 fully saturated rings. The first-order valence-corrected chi connectivity index (χ1v) is 20.6. The Morgan fingerprint density at radius 1 is 0.328 bits per heavy atom. The van der Waals surface area contributed by atoms with Gasteiger partial charge in [0.2, 0.25) is 0 Å². The lowest BCUT2D eigenvalue weighted by molar-refractivity contribution is 0.918. The van der Waals surface area contributed by atoms with Gasteiger partial charge in [-0.2, -0.15) is 5.10 Å². The minimum Gasteiger partial charge on any atom is -0.232 e. The molecule has 0 aliphatic heterocycles. The summed E-state index contributed by atoms with van der Waals surface area (Å²) in [6, 6.07) is 80.9. The van der Waals surface area contributed by atoms with Gasteiger partial charge in [-0.25, -0.2) is 14.6 Å². The molecule has 0 aliphatic rings. The van der Waals surface area contributed by atoms with E-state index in [1.807, 2.05) is 18.2 Å². The predicted octanol–water partition coefficient (Wildman–Crippen LogP) is 14.6. The number of aromatic nitrogens is 4. The van der Waals surface area contributed by atoms with E-state index in [0.29, 0.717) is 5.82 Å². The first-order valence-electron chi connectivity index (χ1n) is 20.6. The van der Waals surface area contributed by atoms with Crippen molar-refractivity contribution in [3.8, 4) is 84.2 Å². The quantitative estimate of drug-likeness (QED) is 0.154. The summed E-state index contributed by atoms with van der Waals surface area (Å²) in [5.74, 6) is 0.671. The van der Waals surface area contributed by atoms with E-state index < -0.39 is 0 Å². The third-order valence-corrected chi connectivity index (χ3v) is 11.5. The average Bonchev–Trinajstić information content (AvgIpc) is 3.76. The minimum absolute atomic E-state index is 0.671. The van der Waals surface area contributed by atoms with Crippen LogP contribution in [0.15, 0.2) is 231 Å². The van der Waals surface area contributed by atoms with Gasteiger partial charge in [0.05, 0.1) is 22.6 Å². The number of para-hydroxylation sites is 1. The third kappa shape index (κ3) is 6.86. The van der Waals surface area contributed by atoms with Crippen molar-refractivity contribution >= 4 is 21.7 Å². The Kier molecular flexibility index (Phi) is 9.14. The summed E-state index contributed by atoms with van der Waals surface area (Å²) in [6.07, 6.45) is 0. The Bertz CT molecular complexity index is 3190. The lowest BCUT2D eigenvalue weighted by atomic mass is 9.92. The van der Waals surface area contributed by atoms with E-state index in [-0.39, 0.29) is 0 Å². The van der Waals surface area contributed by atoms with Crippen LogP contribution < -0.4 is 0 Å². The molecule has 2 heterocycles. The number of benzene rings is 9. The van der Waals surface area contributed by atoms with Crippen molar-refractivity contribution < 1.29 is 0 Å². The first kappa shape index (κ1) is 35.9. The smallest absolute Gasteiger partial charge is 0.160 e. The van der Waals surface area contributed by atoms with Crippen molar-refractivity contribution in [2.45, 2.75) is 0 Å². The molecule has 0 unspecified atom stereocenters. The highest BCUT2D eigenvalue weighted by Crippen LogP contribution is 2.43. The monoisotopic (exact) mass is 778 g/mol. The lowest BCUT2D eigenvalue weighted by Crippen LogP contribution is -1.98. The van der Waals surface area contributed by atoms with Gasteiger partial charge in [-0.3, -0.25) is 0 Å². The van der Waals surface area contributed by atoms with Crippen LogP contribution in [-0.2, 0) is 0 Å². The van der Waals surface area contributed by atoms with Crippen LogP contribution in [-0.4, -0.2) is 19.7 Å². The van der Waals surface area contributed by atoms with Crippen LogP contribution in [0, 0.1) is 0 Å². The fraction of sp³-hybridized carbons (Fsp3) is 0. The molecule has 0 saturated heterocycles. The van der Waals surface area contributed by atoms with Crippen LogP contribution in [0.25, 0.3) is 106 Å². The van der Waals surface area contributed by atoms with Crippen molar-refractivity contribution in [3.05, 3.63) is 231 Å². The molecular formula is C57H38N4. The highest BCUT2D eigenvalue weighted by molar-refractivity contribution is 6.17. The van der Waals surface area contributed by atoms with E-state index in [9.17, 15) is 0 Å². The summed E-state index contributed by atoms with van der Waals surface area (Å²) in [7, 11) is 0. The molecule has 11 aromatic rings. The Balaban J connectivity index is 1.13. The normalized spacial score (nSPS) is 11.3. The molecule has 286 valence electrons. The van der Waals surface area contributed by atoms with Crippen LogP contribution in [0.2, 0.25) is 0 Å². The molecule has 0 amide bonds. The maximum Gasteiger partial charge on any atom is 0.160 e. The van der Waals surface area contributed by atoms with Crippen molar-refractivity contribution in [3.63, 3.8) is 0 Å². The summed E-state index contributed by atoms with van der Waals surface area (Å²) in [5.41, 5.74) is 15.7. The number of fused-ring (bicyclic) bond motifs is 3. The summed E-state index contributed by atoms with van der Waals surface area (Å²) in [5, 5.41) is 8.74. The van der Waals surface area contributed by atoms with Gasteiger partial charge in [-0.15, -0.1) is 0 Å². The zero-order chi connectivity index (χ0) is 40.5. The third-order valence-electron chi connectivity index (χ3n) is 11.5. The summed E-state index contributed by atoms with van der Waals surface area (Å²) in [4.78, 5) is 10.5. The largest absolute Gasteiger partial charge is 0.232 e. The molecule has 0 spiro atoms. The van der Waals surface area contributed by atoms with Gasteiger partial charge >= 0.3 is 0 Å². The fourth-order valence-electron chi connectivity index (χ4n) is 8.37. The number of hydrogen-bond donors (Lipinski definition) is 0. The number of rotatable bonds is 8. The first-order chi connectivity index (χ1) is 30.2. The second-order valence-electron chi connectivity index (χ2n) is 15.3. The van der Waals surface area contributed by atoms with Gasteiger partial charge in [0, 0.05) is 33.0 Å². The number of hydrogen-bond acceptors (Lipinski definition) is 3. The molecule has 0 radical (unpaired) electrons. The topological polar surface area (TPSA) is 43.6 Å². The Labute approximate surface area is 354 Å². The van der Waals surface area contributed by atoms with Crippen LogP contribution in [0.3, 0.4) is 0 Å². The van der Waals surface area contributed by atoms with E-state index in [0.717, 1.165) is 89.0 Å². The van der Waals surface area contributed by atoms with Gasteiger partial charge in [-0.05, 0) is 69.1 Å². The van der Waals surface area contributed by atoms with Crippen LogP contribution in [0.1, 0.15) is 0 Å². The maximum atomic E-state index is 5.43. The molecule has 0 saturated carbocycles. The van der Waals surface area contributed by atoms with Crippen LogP contribution in [0.4, 0.5) is 0 Å². The van der Waals surface area contributed by atoms with Gasteiger partial charge in [-0.1, -0.05) is 200 Å². The Hall–Kier alpha value is -8.21. The lowest BCUT2D eigenvalue weighted by Gasteiger charge is -2.14. The second-order valence-corrected chi connectivity index (χ2v) is 15.3. The molecule has 2 aromatic heterocycles. The molecular weight excluding hydrogens is 741 g/mol. The highest BCUT2D eigenvalue weighted by Gasteiger charge is 2.22. The van der Waals surface area contributed by atoms with Crippen LogP contribution >= 0.6 is 0 Å². The van der Waals surface area contributed by atoms with Crippen LogP contribution in [0.5, 0.6) is 0 Å². The van der Waals surface area contributed by atoms with E-state index in [1.54, 1.807) is 0 Å². The fourth-order valence-corrected chi connectivity index (χ4v) is 8.37. The van der Waals surface area contributed by atoms with Crippen molar-refractivity contribution in [1.29, 1.82) is 0 Å². The van der Waals surface area contributed by atoms with E-state index >= 15 is 0 Å². The van der Waals surface area contributed by atoms with E-state index in [2.05, 4.69) is 217 Å². The highest BCUT2D eigenvalue weighted by atomic mass is 15.3. The summed E-state index contributed by atoms with van der Waals surface area (Å²) in [6.45, 7) is 0. The van der Waals surface area contributed by atoms with Gasteiger partial charge < -0.3 is 0 Å². The van der Waals surface area contributed by atoms with E-state index in [4.69, 9.17) is 15.1 Å². The Morgan fingerprint density at radius 3 is 1.34 bits per heavy atom. The number of nitrogens with zero attached hydrogens (tertiary/aromatic N) is 4. The molecule has 0 aliphatic carbocycles. The molecule has 11 rings (SSSR count). The molecule has 9 aromatic carbocycles. The Morgan fingerprint density at radius 2 is 0.770 bits per heavy atom. The SMILES string of the molecule is c1ccc(-c2ccc(-c3cc(-c4ccc5cc(-c6ccccc6)c6c(-c7ccccc7)nn(-c7ccccc7)c6c5c4)nc(-c4ccc(-c5ccccc5)cc4)n3)cc2)cc1. The van der Waals surface area contributed by atoms with Gasteiger partial charge in [0.1, 0.15) is 5.69 Å². The zero-order valence-corrected chi connectivity index (χ0v) is 33.2. The molecule has 0 N–H and O–H groups in total. The molecule has 0 atom stereocenters. The summed E-state index contributed by atoms with van der Waals surface area (Å²) >= 11 is 0. The van der Waals surface area contributed by atoms with Gasteiger partial charge in [0.25, 0.3) is 0 Å². The molecule has 0 bridgehead atoms. The van der Waals surface area contributed by atoms with Crippen molar-refractivity contribution in [2.24, 2.45) is 0 Å². The zero-order valence-electron chi connectivity index (χ0n) is 33.2. The molecule has 61 heavy (non-hydrogen) atoms. The summed E-state index contributed by atoms with van der Waals surface area (Å²) < 4.78 is 2.12. The van der Waals surface area contributed by atoms with Crippen molar-refractivity contribution in [2.75, 3.05) is 0 Å². The average molecular weight is 779 g/mol. The molecule has 4 heteroatoms. The van der Waals surface area contributed by atoms with Crippen molar-refractivity contribution in [1.82, 2.24) is 19.7 Å². The standard InChI is InChI=1S/C57H38N4/c1-6-16-39(17-7-1)41-26-30-44(31-27-41)52-38-53(59-57(58-52)46-32-28-42(29-33-46)40-18-8-2-9-19-40)48-35-34-47-36-50(43-20-10-3-11-21-43)54-55(45-22-12-4-13-23-45)60-61(56(54)51(47)37-48)49-24-14-5-15-25-49/h1-38H. The minimum atomic E-state index is 0.671. The second kappa shape index (κ2) is 15.5. The molecule has 4 nitrogen and oxygen atoms in total. The van der Waals surface area contributed by atoms with E-state index in [1.165, 1.54) is 11.1 Å². The van der Waals surface area contributed by atoms with Gasteiger partial charge in [0.15, 0.2) is 5.82 Å². The maximum absolute atomic E-state index is 5.43. The predicted molar refractivity (Wildman–Crippen MR) is 252 cm³/mol.